The molecule has 1 rings (SSSR count). The highest BCUT2D eigenvalue weighted by molar-refractivity contribution is 7.85. The fourth-order valence-electron chi connectivity index (χ4n) is 1.79. The van der Waals surface area contributed by atoms with Crippen molar-refractivity contribution >= 4 is 22.9 Å². The summed E-state index contributed by atoms with van der Waals surface area (Å²) in [5, 5.41) is 9.11. The van der Waals surface area contributed by atoms with Crippen molar-refractivity contribution in [3.8, 4) is 0 Å². The third-order valence-corrected chi connectivity index (χ3v) is 4.01. The number of hydrogen-bond donors (Lipinski definition) is 1. The molecule has 1 aliphatic rings. The van der Waals surface area contributed by atoms with Gasteiger partial charge in [-0.2, -0.15) is 0 Å². The molecule has 1 aliphatic heterocycles. The van der Waals surface area contributed by atoms with Gasteiger partial charge < -0.3 is 9.84 Å². The minimum Gasteiger partial charge on any atom is -0.480 e. The van der Waals surface area contributed by atoms with E-state index in [9.17, 15) is 13.8 Å². The van der Waals surface area contributed by atoms with E-state index in [1.165, 1.54) is 4.90 Å². The predicted molar refractivity (Wildman–Crippen MR) is 66.8 cm³/mol. The Hall–Kier alpha value is -1.11. The first-order valence-electron chi connectivity index (χ1n) is 5.71. The quantitative estimate of drug-likeness (QED) is 0.767. The van der Waals surface area contributed by atoms with Crippen LogP contribution in [0.3, 0.4) is 0 Å². The van der Waals surface area contributed by atoms with Gasteiger partial charge in [0.25, 0.3) is 0 Å². The zero-order valence-electron chi connectivity index (χ0n) is 11.0. The summed E-state index contributed by atoms with van der Waals surface area (Å²) in [6, 6.07) is -1.49. The van der Waals surface area contributed by atoms with E-state index < -0.39 is 40.5 Å². The maximum absolute atomic E-state index is 12.0. The highest BCUT2D eigenvalue weighted by Crippen LogP contribution is 2.20. The average Bonchev–Trinajstić information content (AvgIpc) is 2.12. The van der Waals surface area contributed by atoms with Crippen molar-refractivity contribution < 1.29 is 23.6 Å². The summed E-state index contributed by atoms with van der Waals surface area (Å²) < 4.78 is 16.7. The number of rotatable bonds is 1. The van der Waals surface area contributed by atoms with Crippen LogP contribution < -0.4 is 0 Å². The fraction of sp³-hybridized carbons (Fsp3) is 0.818. The lowest BCUT2D eigenvalue weighted by atomic mass is 10.2. The smallest absolute Gasteiger partial charge is 0.411 e. The molecule has 0 bridgehead atoms. The molecule has 0 radical (unpaired) electrons. The van der Waals surface area contributed by atoms with Crippen LogP contribution in [0, 0.1) is 0 Å². The maximum Gasteiger partial charge on any atom is 0.411 e. The van der Waals surface area contributed by atoms with Crippen molar-refractivity contribution in [3.05, 3.63) is 0 Å². The molecule has 0 aliphatic carbocycles. The Bertz CT molecular complexity index is 376. The molecule has 0 aromatic carbocycles. The molecule has 0 saturated carbocycles. The highest BCUT2D eigenvalue weighted by Gasteiger charge is 2.41. The highest BCUT2D eigenvalue weighted by atomic mass is 32.2. The summed E-state index contributed by atoms with van der Waals surface area (Å²) >= 11 is 0. The second-order valence-corrected chi connectivity index (χ2v) is 6.91. The first-order chi connectivity index (χ1) is 8.11. The van der Waals surface area contributed by atoms with Crippen LogP contribution in [0.25, 0.3) is 0 Å². The molecule has 1 saturated heterocycles. The van der Waals surface area contributed by atoms with Gasteiger partial charge in [0.2, 0.25) is 0 Å². The lowest BCUT2D eigenvalue weighted by Crippen LogP contribution is -2.58. The van der Waals surface area contributed by atoms with Crippen LogP contribution >= 0.6 is 0 Å². The maximum atomic E-state index is 12.0. The second-order valence-electron chi connectivity index (χ2n) is 5.36. The predicted octanol–water partition coefficient (Wildman–Crippen LogP) is 0.827. The summed E-state index contributed by atoms with van der Waals surface area (Å²) in [6.45, 7) is 6.82. The van der Waals surface area contributed by atoms with Crippen molar-refractivity contribution in [3.63, 3.8) is 0 Å². The molecule has 0 aromatic rings. The van der Waals surface area contributed by atoms with Crippen molar-refractivity contribution in [1.29, 1.82) is 0 Å². The monoisotopic (exact) mass is 277 g/mol. The molecule has 7 heteroatoms. The van der Waals surface area contributed by atoms with Crippen LogP contribution in [-0.2, 0) is 20.3 Å². The van der Waals surface area contributed by atoms with Crippen LogP contribution in [-0.4, -0.2) is 55.5 Å². The summed E-state index contributed by atoms with van der Waals surface area (Å²) in [4.78, 5) is 24.3. The molecule has 3 atom stereocenters. The third kappa shape index (κ3) is 3.69. The van der Waals surface area contributed by atoms with Gasteiger partial charge in [0, 0.05) is 22.6 Å². The minimum absolute atomic E-state index is 0.0427. The van der Waals surface area contributed by atoms with Crippen molar-refractivity contribution in [2.24, 2.45) is 0 Å². The normalized spacial score (nSPS) is 28.9. The van der Waals surface area contributed by atoms with E-state index in [0.29, 0.717) is 0 Å². The number of carbonyl (C=O) groups excluding carboxylic acids is 1. The molecular weight excluding hydrogens is 258 g/mol. The van der Waals surface area contributed by atoms with Gasteiger partial charge in [-0.3, -0.25) is 9.11 Å². The number of carboxylic acids is 1. The van der Waals surface area contributed by atoms with Crippen molar-refractivity contribution in [2.75, 3.05) is 11.5 Å². The van der Waals surface area contributed by atoms with Gasteiger partial charge in [0.05, 0.1) is 5.75 Å². The van der Waals surface area contributed by atoms with Crippen LogP contribution in [0.15, 0.2) is 0 Å². The first-order valence-corrected chi connectivity index (χ1v) is 7.19. The lowest BCUT2D eigenvalue weighted by Gasteiger charge is -2.38. The summed E-state index contributed by atoms with van der Waals surface area (Å²) in [5.74, 6) is -0.914. The first kappa shape index (κ1) is 14.9. The fourth-order valence-corrected chi connectivity index (χ4v) is 3.28. The molecular formula is C11H19NO5S. The molecule has 0 spiro atoms. The van der Waals surface area contributed by atoms with Crippen LogP contribution in [0.2, 0.25) is 0 Å². The van der Waals surface area contributed by atoms with E-state index in [2.05, 4.69) is 0 Å². The van der Waals surface area contributed by atoms with Gasteiger partial charge in [-0.15, -0.1) is 0 Å². The van der Waals surface area contributed by atoms with E-state index >= 15 is 0 Å². The van der Waals surface area contributed by atoms with Gasteiger partial charge in [0.15, 0.2) is 0 Å². The molecule has 3 unspecified atom stereocenters. The van der Waals surface area contributed by atoms with E-state index in [-0.39, 0.29) is 11.5 Å². The summed E-state index contributed by atoms with van der Waals surface area (Å²) in [5.41, 5.74) is -0.684. The SMILES string of the molecule is CC1CS(=O)CC(C(=O)O)N1C(=O)OC(C)(C)C. The molecule has 0 aromatic heterocycles. The lowest BCUT2D eigenvalue weighted by molar-refractivity contribution is -0.143. The Balaban J connectivity index is 2.91. The van der Waals surface area contributed by atoms with Crippen molar-refractivity contribution in [2.45, 2.75) is 45.4 Å². The van der Waals surface area contributed by atoms with E-state index in [4.69, 9.17) is 9.84 Å². The van der Waals surface area contributed by atoms with Crippen LogP contribution in [0.4, 0.5) is 4.79 Å². The molecule has 18 heavy (non-hydrogen) atoms. The van der Waals surface area contributed by atoms with Gasteiger partial charge in [0.1, 0.15) is 11.6 Å². The second kappa shape index (κ2) is 5.26. The molecule has 1 heterocycles. The third-order valence-electron chi connectivity index (χ3n) is 2.47. The number of carboxylic acid groups (broad SMARTS) is 1. The standard InChI is InChI=1S/C11H19NO5S/c1-7-5-18(16)6-8(9(13)14)12(7)10(15)17-11(2,3)4/h7-8H,5-6H2,1-4H3,(H,13,14). The zero-order chi connectivity index (χ0) is 14.1. The molecule has 104 valence electrons. The summed E-state index contributed by atoms with van der Waals surface area (Å²) in [6.07, 6.45) is -0.668. The Morgan fingerprint density at radius 1 is 1.33 bits per heavy atom. The van der Waals surface area contributed by atoms with E-state index in [1.54, 1.807) is 27.7 Å². The number of amides is 1. The Morgan fingerprint density at radius 2 is 1.89 bits per heavy atom. The number of hydrogen-bond acceptors (Lipinski definition) is 4. The average molecular weight is 277 g/mol. The zero-order valence-corrected chi connectivity index (χ0v) is 11.8. The number of ether oxygens (including phenoxy) is 1. The van der Waals surface area contributed by atoms with Gasteiger partial charge in [-0.25, -0.2) is 9.59 Å². The number of nitrogens with zero attached hydrogens (tertiary/aromatic N) is 1. The summed E-state index contributed by atoms with van der Waals surface area (Å²) in [7, 11) is -1.21. The van der Waals surface area contributed by atoms with E-state index in [1.807, 2.05) is 0 Å². The Kier molecular flexibility index (Phi) is 4.37. The minimum atomic E-state index is -1.21. The molecule has 1 amide bonds. The van der Waals surface area contributed by atoms with Gasteiger partial charge in [-0.1, -0.05) is 0 Å². The number of aliphatic carboxylic acids is 1. The van der Waals surface area contributed by atoms with Gasteiger partial charge >= 0.3 is 12.1 Å². The Labute approximate surface area is 109 Å². The topological polar surface area (TPSA) is 83.9 Å². The van der Waals surface area contributed by atoms with Crippen LogP contribution in [0.5, 0.6) is 0 Å². The van der Waals surface area contributed by atoms with Crippen LogP contribution in [0.1, 0.15) is 27.7 Å². The van der Waals surface area contributed by atoms with Crippen molar-refractivity contribution in [1.82, 2.24) is 4.90 Å². The molecule has 1 fully saturated rings. The molecule has 6 nitrogen and oxygen atoms in total. The number of carbonyl (C=O) groups is 2. The Morgan fingerprint density at radius 3 is 2.33 bits per heavy atom. The largest absolute Gasteiger partial charge is 0.480 e. The van der Waals surface area contributed by atoms with Gasteiger partial charge in [-0.05, 0) is 27.7 Å². The molecule has 1 N–H and O–H groups in total. The van der Waals surface area contributed by atoms with E-state index in [0.717, 1.165) is 0 Å².